The van der Waals surface area contributed by atoms with Crippen LogP contribution in [0.15, 0.2) is 30.4 Å². The number of Topliss-reactive ketones (excluding diaryl/α,β-unsaturated/α-hetero) is 1. The third-order valence-corrected chi connectivity index (χ3v) is 3.24. The Morgan fingerprint density at radius 1 is 1.47 bits per heavy atom. The van der Waals surface area contributed by atoms with Gasteiger partial charge in [-0.25, -0.2) is 4.39 Å². The van der Waals surface area contributed by atoms with Gasteiger partial charge in [-0.3, -0.25) is 4.79 Å². The van der Waals surface area contributed by atoms with Crippen LogP contribution < -0.4 is 4.74 Å². The first-order chi connectivity index (χ1) is 8.11. The molecule has 1 aromatic carbocycles. The van der Waals surface area contributed by atoms with Gasteiger partial charge in [0.25, 0.3) is 0 Å². The normalized spacial score (nSPS) is 20.5. The summed E-state index contributed by atoms with van der Waals surface area (Å²) in [4.78, 5) is 11.4. The van der Waals surface area contributed by atoms with Crippen molar-refractivity contribution in [2.75, 3.05) is 7.11 Å². The Balaban J connectivity index is 2.30. The van der Waals surface area contributed by atoms with Crippen LogP contribution in [-0.4, -0.2) is 12.9 Å². The molecule has 0 N–H and O–H groups in total. The van der Waals surface area contributed by atoms with E-state index < -0.39 is 0 Å². The average molecular weight is 234 g/mol. The van der Waals surface area contributed by atoms with Crippen LogP contribution in [0.4, 0.5) is 4.39 Å². The summed E-state index contributed by atoms with van der Waals surface area (Å²) in [6.07, 6.45) is 1.82. The summed E-state index contributed by atoms with van der Waals surface area (Å²) in [5, 5.41) is 0. The first-order valence-electron chi connectivity index (χ1n) is 5.66. The average Bonchev–Trinajstić information content (AvgIpc) is 2.32. The molecule has 1 saturated carbocycles. The first-order valence-corrected chi connectivity index (χ1v) is 5.66. The molecule has 0 spiro atoms. The molecule has 1 aliphatic rings. The highest BCUT2D eigenvalue weighted by Crippen LogP contribution is 2.38. The van der Waals surface area contributed by atoms with Crippen LogP contribution in [-0.2, 0) is 4.79 Å². The highest BCUT2D eigenvalue weighted by atomic mass is 19.1. The van der Waals surface area contributed by atoms with E-state index in [1.54, 1.807) is 13.2 Å². The fourth-order valence-corrected chi connectivity index (χ4v) is 2.29. The van der Waals surface area contributed by atoms with Gasteiger partial charge in [0.2, 0.25) is 0 Å². The van der Waals surface area contributed by atoms with Crippen molar-refractivity contribution in [1.29, 1.82) is 0 Å². The molecule has 0 aromatic heterocycles. The molecule has 1 fully saturated rings. The number of methoxy groups -OCH3 is 1. The molecule has 0 saturated heterocycles. The molecule has 0 aliphatic heterocycles. The Hall–Kier alpha value is -1.64. The van der Waals surface area contributed by atoms with E-state index in [-0.39, 0.29) is 17.5 Å². The van der Waals surface area contributed by atoms with Crippen molar-refractivity contribution < 1.29 is 13.9 Å². The highest BCUT2D eigenvalue weighted by Gasteiger charge is 2.25. The van der Waals surface area contributed by atoms with E-state index in [1.165, 1.54) is 12.1 Å². The fourth-order valence-electron chi connectivity index (χ4n) is 2.29. The van der Waals surface area contributed by atoms with E-state index in [4.69, 9.17) is 4.74 Å². The fraction of sp³-hybridized carbons (Fsp3) is 0.357. The maximum absolute atomic E-state index is 13.3. The molecule has 1 aliphatic carbocycles. The maximum Gasteiger partial charge on any atom is 0.158 e. The van der Waals surface area contributed by atoms with E-state index in [2.05, 4.69) is 6.58 Å². The van der Waals surface area contributed by atoms with Gasteiger partial charge in [-0.15, -0.1) is 0 Å². The number of rotatable bonds is 2. The second-order valence-corrected chi connectivity index (χ2v) is 4.35. The Morgan fingerprint density at radius 2 is 2.24 bits per heavy atom. The van der Waals surface area contributed by atoms with Crippen LogP contribution >= 0.6 is 0 Å². The second kappa shape index (κ2) is 4.70. The summed E-state index contributed by atoms with van der Waals surface area (Å²) in [5.74, 6) is 0.657. The van der Waals surface area contributed by atoms with Gasteiger partial charge in [-0.05, 0) is 42.5 Å². The number of ether oxygens (including phenoxy) is 1. The van der Waals surface area contributed by atoms with E-state index in [0.29, 0.717) is 24.2 Å². The van der Waals surface area contributed by atoms with Gasteiger partial charge < -0.3 is 4.74 Å². The number of hydrogen-bond acceptors (Lipinski definition) is 2. The Bertz CT molecular complexity index is 465. The molecule has 1 aromatic rings. The molecule has 1 atom stereocenters. The van der Waals surface area contributed by atoms with Crippen molar-refractivity contribution >= 4 is 5.78 Å². The van der Waals surface area contributed by atoms with Crippen LogP contribution in [0, 0.1) is 5.82 Å². The Morgan fingerprint density at radius 3 is 2.88 bits per heavy atom. The lowest BCUT2D eigenvalue weighted by molar-refractivity contribution is -0.116. The molecule has 0 bridgehead atoms. The van der Waals surface area contributed by atoms with Gasteiger partial charge in [0, 0.05) is 12.0 Å². The minimum atomic E-state index is -0.275. The van der Waals surface area contributed by atoms with Crippen LogP contribution in [0.5, 0.6) is 5.75 Å². The molecule has 17 heavy (non-hydrogen) atoms. The van der Waals surface area contributed by atoms with Gasteiger partial charge in [0.1, 0.15) is 11.6 Å². The number of ketones is 1. The Labute approximate surface area is 100 Å². The molecule has 3 heteroatoms. The summed E-state index contributed by atoms with van der Waals surface area (Å²) in [5.41, 5.74) is 1.47. The predicted octanol–water partition coefficient (Wildman–Crippen LogP) is 3.23. The number of carbonyl (C=O) groups excluding carboxylic acids is 1. The zero-order chi connectivity index (χ0) is 12.4. The van der Waals surface area contributed by atoms with Crippen molar-refractivity contribution in [1.82, 2.24) is 0 Å². The van der Waals surface area contributed by atoms with Crippen molar-refractivity contribution in [3.8, 4) is 5.75 Å². The quantitative estimate of drug-likeness (QED) is 0.734. The molecule has 2 rings (SSSR count). The van der Waals surface area contributed by atoms with Crippen LogP contribution in [0.3, 0.4) is 0 Å². The summed E-state index contributed by atoms with van der Waals surface area (Å²) < 4.78 is 18.5. The summed E-state index contributed by atoms with van der Waals surface area (Å²) in [6, 6.07) is 4.50. The lowest BCUT2D eigenvalue weighted by Crippen LogP contribution is -2.15. The van der Waals surface area contributed by atoms with E-state index >= 15 is 0 Å². The van der Waals surface area contributed by atoms with Crippen molar-refractivity contribution in [3.63, 3.8) is 0 Å². The van der Waals surface area contributed by atoms with Gasteiger partial charge in [0.15, 0.2) is 5.78 Å². The zero-order valence-corrected chi connectivity index (χ0v) is 9.83. The second-order valence-electron chi connectivity index (χ2n) is 4.35. The Kier molecular flexibility index (Phi) is 3.27. The standard InChI is InChI=1S/C14H15FO2/c1-9-7-10(3-5-13(9)16)12-8-11(15)4-6-14(12)17-2/h4,6,8,10H,1,3,5,7H2,2H3. The molecule has 90 valence electrons. The van der Waals surface area contributed by atoms with Crippen molar-refractivity contribution in [3.05, 3.63) is 41.7 Å². The van der Waals surface area contributed by atoms with Crippen molar-refractivity contribution in [2.24, 2.45) is 0 Å². The summed E-state index contributed by atoms with van der Waals surface area (Å²) >= 11 is 0. The lowest BCUT2D eigenvalue weighted by atomic mass is 9.81. The number of hydrogen-bond donors (Lipinski definition) is 0. The minimum Gasteiger partial charge on any atom is -0.496 e. The lowest BCUT2D eigenvalue weighted by Gasteiger charge is -2.24. The summed E-state index contributed by atoms with van der Waals surface area (Å²) in [7, 11) is 1.57. The largest absolute Gasteiger partial charge is 0.496 e. The van der Waals surface area contributed by atoms with Gasteiger partial charge in [-0.1, -0.05) is 6.58 Å². The molecule has 0 amide bonds. The minimum absolute atomic E-state index is 0.122. The maximum atomic E-state index is 13.3. The third kappa shape index (κ3) is 2.38. The highest BCUT2D eigenvalue weighted by molar-refractivity contribution is 5.95. The number of allylic oxidation sites excluding steroid dienone is 1. The molecule has 2 nitrogen and oxygen atoms in total. The molecule has 0 radical (unpaired) electrons. The number of carbonyl (C=O) groups is 1. The van der Waals surface area contributed by atoms with E-state index in [0.717, 1.165) is 12.0 Å². The third-order valence-electron chi connectivity index (χ3n) is 3.24. The van der Waals surface area contributed by atoms with Crippen LogP contribution in [0.25, 0.3) is 0 Å². The number of halogens is 1. The van der Waals surface area contributed by atoms with Crippen LogP contribution in [0.1, 0.15) is 30.7 Å². The van der Waals surface area contributed by atoms with Gasteiger partial charge in [0.05, 0.1) is 7.11 Å². The van der Waals surface area contributed by atoms with E-state index in [1.807, 2.05) is 0 Å². The monoisotopic (exact) mass is 234 g/mol. The first kappa shape index (κ1) is 11.8. The topological polar surface area (TPSA) is 26.3 Å². The van der Waals surface area contributed by atoms with Crippen molar-refractivity contribution in [2.45, 2.75) is 25.2 Å². The molecular formula is C14H15FO2. The van der Waals surface area contributed by atoms with E-state index in [9.17, 15) is 9.18 Å². The molecular weight excluding hydrogens is 219 g/mol. The molecule has 0 heterocycles. The van der Waals surface area contributed by atoms with Crippen LogP contribution in [0.2, 0.25) is 0 Å². The van der Waals surface area contributed by atoms with Gasteiger partial charge >= 0.3 is 0 Å². The molecule has 1 unspecified atom stereocenters. The van der Waals surface area contributed by atoms with Gasteiger partial charge in [-0.2, -0.15) is 0 Å². The smallest absolute Gasteiger partial charge is 0.158 e. The SMILES string of the molecule is C=C1CC(c2cc(F)ccc2OC)CCC1=O. The zero-order valence-electron chi connectivity index (χ0n) is 9.83. The summed E-state index contributed by atoms with van der Waals surface area (Å²) in [6.45, 7) is 3.76. The predicted molar refractivity (Wildman–Crippen MR) is 63.7 cm³/mol. The number of benzene rings is 1.